The van der Waals surface area contributed by atoms with E-state index in [0.29, 0.717) is 16.7 Å². The van der Waals surface area contributed by atoms with Gasteiger partial charge in [0.1, 0.15) is 18.1 Å². The lowest BCUT2D eigenvalue weighted by Gasteiger charge is -2.17. The highest BCUT2D eigenvalue weighted by Gasteiger charge is 2.34. The second kappa shape index (κ2) is 7.46. The molecule has 0 saturated heterocycles. The molecule has 0 bridgehead atoms. The Morgan fingerprint density at radius 3 is 2.44 bits per heavy atom. The van der Waals surface area contributed by atoms with Crippen molar-refractivity contribution in [1.82, 2.24) is 0 Å². The first-order valence-corrected chi connectivity index (χ1v) is 7.37. The van der Waals surface area contributed by atoms with Crippen LogP contribution in [0.25, 0.3) is 0 Å². The molecule has 0 spiro atoms. The summed E-state index contributed by atoms with van der Waals surface area (Å²) in [5.74, 6) is -0.113. The topological polar surface area (TPSA) is 44.8 Å². The molecule has 0 fully saturated rings. The van der Waals surface area contributed by atoms with Crippen LogP contribution in [0.4, 0.5) is 18.0 Å². The van der Waals surface area contributed by atoms with Gasteiger partial charge in [-0.2, -0.15) is 13.2 Å². The van der Waals surface area contributed by atoms with Gasteiger partial charge in [0, 0.05) is 5.56 Å². The average Bonchev–Trinajstić information content (AvgIpc) is 2.54. The van der Waals surface area contributed by atoms with Crippen molar-refractivity contribution >= 4 is 6.16 Å². The van der Waals surface area contributed by atoms with Crippen LogP contribution in [0.15, 0.2) is 36.4 Å². The fourth-order valence-corrected chi connectivity index (χ4v) is 2.23. The summed E-state index contributed by atoms with van der Waals surface area (Å²) in [5.41, 5.74) is 0.797. The Balaban J connectivity index is 2.29. The smallest absolute Gasteiger partial charge is 0.488 e. The van der Waals surface area contributed by atoms with Crippen molar-refractivity contribution in [1.29, 1.82) is 0 Å². The lowest BCUT2D eigenvalue weighted by atomic mass is 10.1. The van der Waals surface area contributed by atoms with Crippen LogP contribution < -0.4 is 9.47 Å². The van der Waals surface area contributed by atoms with Crippen molar-refractivity contribution in [2.24, 2.45) is 0 Å². The standard InChI is InChI=1S/C18H17F3O4/c1-11-7-8-16(14(9-11)18(19,20)21)24-10-13-12(2)5-4-6-15(13)25-17(22)23-3/h4-9H,10H2,1-3H3. The van der Waals surface area contributed by atoms with E-state index in [9.17, 15) is 18.0 Å². The summed E-state index contributed by atoms with van der Waals surface area (Å²) in [5, 5.41) is 0. The molecule has 0 unspecified atom stereocenters. The van der Waals surface area contributed by atoms with Crippen molar-refractivity contribution in [2.75, 3.05) is 7.11 Å². The van der Waals surface area contributed by atoms with Gasteiger partial charge in [-0.3, -0.25) is 0 Å². The third-order valence-corrected chi connectivity index (χ3v) is 3.54. The average molecular weight is 354 g/mol. The molecule has 0 aliphatic carbocycles. The molecule has 0 aliphatic heterocycles. The molecular formula is C18H17F3O4. The summed E-state index contributed by atoms with van der Waals surface area (Å²) in [6, 6.07) is 8.75. The maximum absolute atomic E-state index is 13.2. The summed E-state index contributed by atoms with van der Waals surface area (Å²) in [6.07, 6.45) is -5.45. The van der Waals surface area contributed by atoms with E-state index in [0.717, 1.165) is 13.2 Å². The minimum atomic E-state index is -4.53. The summed E-state index contributed by atoms with van der Waals surface area (Å²) in [7, 11) is 1.16. The largest absolute Gasteiger partial charge is 0.513 e. The van der Waals surface area contributed by atoms with Gasteiger partial charge in [0.2, 0.25) is 0 Å². The number of alkyl halides is 3. The predicted molar refractivity (Wildman–Crippen MR) is 84.7 cm³/mol. The number of ether oxygens (including phenoxy) is 3. The number of carbonyl (C=O) groups excluding carboxylic acids is 1. The van der Waals surface area contributed by atoms with E-state index < -0.39 is 17.9 Å². The van der Waals surface area contributed by atoms with Gasteiger partial charge in [-0.05, 0) is 37.6 Å². The molecule has 0 saturated carbocycles. The first-order chi connectivity index (χ1) is 11.7. The molecule has 0 atom stereocenters. The molecule has 7 heteroatoms. The molecule has 0 amide bonds. The zero-order valence-electron chi connectivity index (χ0n) is 13.9. The fraction of sp³-hybridized carbons (Fsp3) is 0.278. The van der Waals surface area contributed by atoms with E-state index in [1.807, 2.05) is 0 Å². The normalized spacial score (nSPS) is 11.1. The molecule has 4 nitrogen and oxygen atoms in total. The predicted octanol–water partition coefficient (Wildman–Crippen LogP) is 5.05. The molecule has 25 heavy (non-hydrogen) atoms. The summed E-state index contributed by atoms with van der Waals surface area (Å²) in [4.78, 5) is 11.3. The lowest BCUT2D eigenvalue weighted by Crippen LogP contribution is -2.12. The fourth-order valence-electron chi connectivity index (χ4n) is 2.23. The van der Waals surface area contributed by atoms with Gasteiger partial charge in [-0.25, -0.2) is 4.79 Å². The highest BCUT2D eigenvalue weighted by molar-refractivity contribution is 5.64. The Morgan fingerprint density at radius 1 is 1.08 bits per heavy atom. The number of benzene rings is 2. The van der Waals surface area contributed by atoms with Crippen LogP contribution >= 0.6 is 0 Å². The maximum atomic E-state index is 13.2. The van der Waals surface area contributed by atoms with Crippen LogP contribution in [0, 0.1) is 13.8 Å². The summed E-state index contributed by atoms with van der Waals surface area (Å²) >= 11 is 0. The Bertz CT molecular complexity index is 769. The number of methoxy groups -OCH3 is 1. The van der Waals surface area contributed by atoms with E-state index >= 15 is 0 Å². The van der Waals surface area contributed by atoms with Crippen LogP contribution in [0.1, 0.15) is 22.3 Å². The second-order valence-corrected chi connectivity index (χ2v) is 5.39. The van der Waals surface area contributed by atoms with Gasteiger partial charge in [0.15, 0.2) is 0 Å². The minimum absolute atomic E-state index is 0.174. The van der Waals surface area contributed by atoms with Crippen molar-refractivity contribution in [3.8, 4) is 11.5 Å². The Kier molecular flexibility index (Phi) is 5.56. The maximum Gasteiger partial charge on any atom is 0.513 e. The molecule has 2 aromatic carbocycles. The third-order valence-electron chi connectivity index (χ3n) is 3.54. The quantitative estimate of drug-likeness (QED) is 0.570. The van der Waals surface area contributed by atoms with E-state index in [2.05, 4.69) is 4.74 Å². The van der Waals surface area contributed by atoms with Crippen LogP contribution in [-0.4, -0.2) is 13.3 Å². The van der Waals surface area contributed by atoms with Gasteiger partial charge in [0.05, 0.1) is 12.7 Å². The van der Waals surface area contributed by atoms with E-state index in [-0.39, 0.29) is 18.1 Å². The summed E-state index contributed by atoms with van der Waals surface area (Å²) < 4.78 is 54.3. The number of carbonyl (C=O) groups is 1. The first kappa shape index (κ1) is 18.6. The molecule has 0 aliphatic rings. The Hall–Kier alpha value is -2.70. The monoisotopic (exact) mass is 354 g/mol. The lowest BCUT2D eigenvalue weighted by molar-refractivity contribution is -0.139. The van der Waals surface area contributed by atoms with Gasteiger partial charge in [0.25, 0.3) is 0 Å². The first-order valence-electron chi connectivity index (χ1n) is 7.37. The molecule has 2 rings (SSSR count). The summed E-state index contributed by atoms with van der Waals surface area (Å²) in [6.45, 7) is 3.12. The molecule has 0 N–H and O–H groups in total. The number of hydrogen-bond donors (Lipinski definition) is 0. The Morgan fingerprint density at radius 2 is 1.80 bits per heavy atom. The van der Waals surface area contributed by atoms with Crippen LogP contribution in [0.5, 0.6) is 11.5 Å². The number of aryl methyl sites for hydroxylation is 2. The SMILES string of the molecule is COC(=O)Oc1cccc(C)c1COc1ccc(C)cc1C(F)(F)F. The van der Waals surface area contributed by atoms with Crippen molar-refractivity contribution in [3.63, 3.8) is 0 Å². The molecular weight excluding hydrogens is 337 g/mol. The second-order valence-electron chi connectivity index (χ2n) is 5.39. The van der Waals surface area contributed by atoms with Crippen molar-refractivity contribution in [2.45, 2.75) is 26.6 Å². The highest BCUT2D eigenvalue weighted by atomic mass is 19.4. The van der Waals surface area contributed by atoms with Crippen LogP contribution in [-0.2, 0) is 17.5 Å². The number of rotatable bonds is 4. The molecule has 0 aromatic heterocycles. The van der Waals surface area contributed by atoms with Gasteiger partial charge < -0.3 is 14.2 Å². The minimum Gasteiger partial charge on any atom is -0.488 e. The van der Waals surface area contributed by atoms with Crippen molar-refractivity contribution in [3.05, 3.63) is 58.7 Å². The molecule has 134 valence electrons. The molecule has 0 radical (unpaired) electrons. The van der Waals surface area contributed by atoms with Crippen molar-refractivity contribution < 1.29 is 32.2 Å². The van der Waals surface area contributed by atoms with Crippen LogP contribution in [0.3, 0.4) is 0 Å². The Labute approximate surface area is 143 Å². The van der Waals surface area contributed by atoms with Gasteiger partial charge in [-0.1, -0.05) is 23.8 Å². The molecule has 2 aromatic rings. The van der Waals surface area contributed by atoms with E-state index in [1.165, 1.54) is 18.2 Å². The highest BCUT2D eigenvalue weighted by Crippen LogP contribution is 2.37. The van der Waals surface area contributed by atoms with E-state index in [4.69, 9.17) is 9.47 Å². The van der Waals surface area contributed by atoms with E-state index in [1.54, 1.807) is 26.0 Å². The van der Waals surface area contributed by atoms with Gasteiger partial charge >= 0.3 is 12.3 Å². The van der Waals surface area contributed by atoms with Crippen LogP contribution in [0.2, 0.25) is 0 Å². The number of halogens is 3. The zero-order chi connectivity index (χ0) is 18.6. The molecule has 0 heterocycles. The van der Waals surface area contributed by atoms with Gasteiger partial charge in [-0.15, -0.1) is 0 Å². The third kappa shape index (κ3) is 4.65. The number of hydrogen-bond acceptors (Lipinski definition) is 4. The zero-order valence-corrected chi connectivity index (χ0v) is 13.9.